The highest BCUT2D eigenvalue weighted by Gasteiger charge is 2.21. The predicted octanol–water partition coefficient (Wildman–Crippen LogP) is 2.49. The Morgan fingerprint density at radius 3 is 2.71 bits per heavy atom. The van der Waals surface area contributed by atoms with Crippen LogP contribution in [0.2, 0.25) is 5.02 Å². The van der Waals surface area contributed by atoms with Gasteiger partial charge < -0.3 is 15.7 Å². The molecule has 4 nitrogen and oxygen atoms in total. The molecule has 0 aliphatic heterocycles. The molecule has 0 unspecified atom stereocenters. The molecular weight excluding hydrogens is 260 g/mol. The van der Waals surface area contributed by atoms with Crippen LogP contribution in [0.25, 0.3) is 0 Å². The van der Waals surface area contributed by atoms with E-state index < -0.39 is 5.97 Å². The Morgan fingerprint density at radius 2 is 2.18 bits per heavy atom. The summed E-state index contributed by atoms with van der Waals surface area (Å²) in [6.07, 6.45) is 2.28. The number of aromatic carboxylic acids is 1. The summed E-state index contributed by atoms with van der Waals surface area (Å²) in [7, 11) is 0. The Hall–Kier alpha value is -1.33. The first-order valence-corrected chi connectivity index (χ1v) is 5.95. The third-order valence-electron chi connectivity index (χ3n) is 2.37. The van der Waals surface area contributed by atoms with Crippen LogP contribution in [0.3, 0.4) is 0 Å². The lowest BCUT2D eigenvalue weighted by atomic mass is 10.2. The first-order valence-electron chi connectivity index (χ1n) is 5.16. The molecule has 0 aromatic heterocycles. The van der Waals surface area contributed by atoms with E-state index in [0.717, 1.165) is 12.8 Å². The molecule has 1 aliphatic rings. The maximum Gasteiger partial charge on any atom is 0.337 e. The summed E-state index contributed by atoms with van der Waals surface area (Å²) in [6.45, 7) is 0. The average Bonchev–Trinajstić information content (AvgIpc) is 3.00. The Kier molecular flexibility index (Phi) is 3.49. The monoisotopic (exact) mass is 270 g/mol. The third kappa shape index (κ3) is 3.31. The van der Waals surface area contributed by atoms with E-state index in [0.29, 0.717) is 16.8 Å². The molecule has 0 spiro atoms. The fourth-order valence-electron chi connectivity index (χ4n) is 1.35. The van der Waals surface area contributed by atoms with Gasteiger partial charge in [0.05, 0.1) is 10.6 Å². The fraction of sp³-hybridized carbons (Fsp3) is 0.273. The topological polar surface area (TPSA) is 61.4 Å². The normalized spacial score (nSPS) is 14.2. The molecule has 0 radical (unpaired) electrons. The summed E-state index contributed by atoms with van der Waals surface area (Å²) >= 11 is 10.9. The standard InChI is InChI=1S/C11H11ClN2O2S/c12-9-5-7(3-4-8(9)10(15)16)14-11(17)13-6-1-2-6/h3-6H,1-2H2,(H,15,16)(H2,13,14,17). The lowest BCUT2D eigenvalue weighted by molar-refractivity contribution is 0.0697. The van der Waals surface area contributed by atoms with Gasteiger partial charge in [-0.3, -0.25) is 0 Å². The summed E-state index contributed by atoms with van der Waals surface area (Å²) in [5.74, 6) is -1.04. The van der Waals surface area contributed by atoms with E-state index in [-0.39, 0.29) is 10.6 Å². The van der Waals surface area contributed by atoms with Crippen LogP contribution in [0.5, 0.6) is 0 Å². The second-order valence-electron chi connectivity index (χ2n) is 3.87. The van der Waals surface area contributed by atoms with E-state index in [1.165, 1.54) is 6.07 Å². The summed E-state index contributed by atoms with van der Waals surface area (Å²) in [5, 5.41) is 15.6. The van der Waals surface area contributed by atoms with Gasteiger partial charge in [-0.1, -0.05) is 11.6 Å². The number of carboxylic acids is 1. The summed E-state index contributed by atoms with van der Waals surface area (Å²) in [5.41, 5.74) is 0.761. The summed E-state index contributed by atoms with van der Waals surface area (Å²) < 4.78 is 0. The molecule has 0 atom stereocenters. The van der Waals surface area contributed by atoms with E-state index in [9.17, 15) is 4.79 Å². The number of benzene rings is 1. The second-order valence-corrected chi connectivity index (χ2v) is 4.69. The molecule has 6 heteroatoms. The molecule has 17 heavy (non-hydrogen) atoms. The van der Waals surface area contributed by atoms with Crippen molar-refractivity contribution in [1.82, 2.24) is 5.32 Å². The first kappa shape index (κ1) is 12.1. The van der Waals surface area contributed by atoms with Gasteiger partial charge in [0.25, 0.3) is 0 Å². The van der Waals surface area contributed by atoms with Gasteiger partial charge in [-0.2, -0.15) is 0 Å². The maximum atomic E-state index is 10.8. The van der Waals surface area contributed by atoms with E-state index in [2.05, 4.69) is 10.6 Å². The zero-order valence-corrected chi connectivity index (χ0v) is 10.4. The molecule has 0 heterocycles. The van der Waals surface area contributed by atoms with E-state index >= 15 is 0 Å². The van der Waals surface area contributed by atoms with Crippen molar-refractivity contribution >= 4 is 40.6 Å². The molecule has 1 saturated carbocycles. The van der Waals surface area contributed by atoms with Gasteiger partial charge in [0.1, 0.15) is 0 Å². The Morgan fingerprint density at radius 1 is 1.47 bits per heavy atom. The van der Waals surface area contributed by atoms with Crippen molar-refractivity contribution in [3.05, 3.63) is 28.8 Å². The number of hydrogen-bond acceptors (Lipinski definition) is 2. The Balaban J connectivity index is 2.03. The number of thiocarbonyl (C=S) groups is 1. The number of nitrogens with one attached hydrogen (secondary N) is 2. The van der Waals surface area contributed by atoms with Crippen molar-refractivity contribution in [2.75, 3.05) is 5.32 Å². The van der Waals surface area contributed by atoms with Crippen LogP contribution < -0.4 is 10.6 Å². The zero-order chi connectivity index (χ0) is 12.4. The van der Waals surface area contributed by atoms with E-state index in [1.54, 1.807) is 12.1 Å². The number of halogens is 1. The van der Waals surface area contributed by atoms with Crippen molar-refractivity contribution in [2.24, 2.45) is 0 Å². The van der Waals surface area contributed by atoms with Crippen molar-refractivity contribution in [3.63, 3.8) is 0 Å². The van der Waals surface area contributed by atoms with E-state index in [1.807, 2.05) is 0 Å². The second kappa shape index (κ2) is 4.89. The molecule has 1 aliphatic carbocycles. The molecule has 3 N–H and O–H groups in total. The smallest absolute Gasteiger partial charge is 0.337 e. The van der Waals surface area contributed by atoms with Gasteiger partial charge in [-0.05, 0) is 43.3 Å². The molecule has 1 fully saturated rings. The molecule has 1 aromatic rings. The van der Waals surface area contributed by atoms with Crippen LogP contribution in [0.1, 0.15) is 23.2 Å². The molecular formula is C11H11ClN2O2S. The van der Waals surface area contributed by atoms with Gasteiger partial charge in [0.15, 0.2) is 5.11 Å². The number of rotatable bonds is 3. The number of carbonyl (C=O) groups is 1. The largest absolute Gasteiger partial charge is 0.478 e. The minimum Gasteiger partial charge on any atom is -0.478 e. The minimum atomic E-state index is -1.04. The van der Waals surface area contributed by atoms with Gasteiger partial charge in [0.2, 0.25) is 0 Å². The van der Waals surface area contributed by atoms with Gasteiger partial charge >= 0.3 is 5.97 Å². The number of carboxylic acid groups (broad SMARTS) is 1. The number of anilines is 1. The molecule has 0 amide bonds. The highest BCUT2D eigenvalue weighted by Crippen LogP contribution is 2.22. The SMILES string of the molecule is O=C(O)c1ccc(NC(=S)NC2CC2)cc1Cl. The molecule has 1 aromatic carbocycles. The van der Waals surface area contributed by atoms with Crippen LogP contribution in [0, 0.1) is 0 Å². The highest BCUT2D eigenvalue weighted by molar-refractivity contribution is 7.80. The van der Waals surface area contributed by atoms with Gasteiger partial charge in [-0.25, -0.2) is 4.79 Å². The van der Waals surface area contributed by atoms with Crippen molar-refractivity contribution < 1.29 is 9.90 Å². The zero-order valence-electron chi connectivity index (χ0n) is 8.87. The first-order chi connectivity index (χ1) is 8.06. The Labute approximate surface area is 109 Å². The molecule has 90 valence electrons. The lowest BCUT2D eigenvalue weighted by Gasteiger charge is -2.10. The highest BCUT2D eigenvalue weighted by atomic mass is 35.5. The summed E-state index contributed by atoms with van der Waals surface area (Å²) in [6, 6.07) is 5.11. The fourth-order valence-corrected chi connectivity index (χ4v) is 1.89. The van der Waals surface area contributed by atoms with Crippen LogP contribution in [0.4, 0.5) is 5.69 Å². The average molecular weight is 271 g/mol. The summed E-state index contributed by atoms with van der Waals surface area (Å²) in [4.78, 5) is 10.8. The van der Waals surface area contributed by atoms with Gasteiger partial charge in [0, 0.05) is 11.7 Å². The number of hydrogen-bond donors (Lipinski definition) is 3. The minimum absolute atomic E-state index is 0.0817. The third-order valence-corrected chi connectivity index (χ3v) is 2.90. The van der Waals surface area contributed by atoms with Crippen molar-refractivity contribution in [1.29, 1.82) is 0 Å². The quantitative estimate of drug-likeness (QED) is 0.737. The van der Waals surface area contributed by atoms with Gasteiger partial charge in [-0.15, -0.1) is 0 Å². The van der Waals surface area contributed by atoms with E-state index in [4.69, 9.17) is 28.9 Å². The van der Waals surface area contributed by atoms with Crippen LogP contribution >= 0.6 is 23.8 Å². The lowest BCUT2D eigenvalue weighted by Crippen LogP contribution is -2.30. The van der Waals surface area contributed by atoms with Crippen molar-refractivity contribution in [2.45, 2.75) is 18.9 Å². The molecule has 0 saturated heterocycles. The maximum absolute atomic E-state index is 10.8. The predicted molar refractivity (Wildman–Crippen MR) is 70.8 cm³/mol. The van der Waals surface area contributed by atoms with Crippen LogP contribution in [-0.4, -0.2) is 22.2 Å². The Bertz CT molecular complexity index is 475. The van der Waals surface area contributed by atoms with Crippen LogP contribution in [-0.2, 0) is 0 Å². The van der Waals surface area contributed by atoms with Crippen LogP contribution in [0.15, 0.2) is 18.2 Å². The van der Waals surface area contributed by atoms with Crippen molar-refractivity contribution in [3.8, 4) is 0 Å². The molecule has 0 bridgehead atoms. The molecule has 2 rings (SSSR count).